The highest BCUT2D eigenvalue weighted by Gasteiger charge is 2.33. The summed E-state index contributed by atoms with van der Waals surface area (Å²) in [6.07, 6.45) is 5.72. The SMILES string of the molecule is CC(O)C1CCCN(C(=O)C(OC2CCCC2)c2ccccc2)C1. The van der Waals surface area contributed by atoms with Gasteiger partial charge in [0.25, 0.3) is 5.91 Å². The molecule has 0 bridgehead atoms. The van der Waals surface area contributed by atoms with E-state index in [1.165, 1.54) is 12.8 Å². The zero-order valence-electron chi connectivity index (χ0n) is 14.6. The zero-order valence-corrected chi connectivity index (χ0v) is 14.6. The number of hydrogen-bond donors (Lipinski definition) is 1. The summed E-state index contributed by atoms with van der Waals surface area (Å²) >= 11 is 0. The average molecular weight is 331 g/mol. The topological polar surface area (TPSA) is 49.8 Å². The molecule has 1 saturated carbocycles. The number of aliphatic hydroxyl groups is 1. The first-order chi connectivity index (χ1) is 11.6. The summed E-state index contributed by atoms with van der Waals surface area (Å²) in [6.45, 7) is 3.22. The monoisotopic (exact) mass is 331 g/mol. The maximum Gasteiger partial charge on any atom is 0.256 e. The Labute approximate surface area is 144 Å². The largest absolute Gasteiger partial charge is 0.393 e. The van der Waals surface area contributed by atoms with Crippen molar-refractivity contribution in [2.24, 2.45) is 5.92 Å². The van der Waals surface area contributed by atoms with Crippen LogP contribution in [0, 0.1) is 5.92 Å². The minimum Gasteiger partial charge on any atom is -0.393 e. The lowest BCUT2D eigenvalue weighted by atomic mass is 9.93. The lowest BCUT2D eigenvalue weighted by Crippen LogP contribution is -2.45. The molecule has 1 aromatic carbocycles. The second-order valence-electron chi connectivity index (χ2n) is 7.26. The minimum atomic E-state index is -0.512. The van der Waals surface area contributed by atoms with Gasteiger partial charge in [0, 0.05) is 19.0 Å². The number of carbonyl (C=O) groups excluding carboxylic acids is 1. The first-order valence-electron chi connectivity index (χ1n) is 9.32. The fourth-order valence-corrected chi connectivity index (χ4v) is 3.89. The standard InChI is InChI=1S/C20H29NO3/c1-15(22)17-10-7-13-21(14-17)20(23)19(16-8-3-2-4-9-16)24-18-11-5-6-12-18/h2-4,8-9,15,17-19,22H,5-7,10-14H2,1H3. The van der Waals surface area contributed by atoms with Crippen LogP contribution in [-0.2, 0) is 9.53 Å². The normalized spacial score (nSPS) is 24.8. The predicted octanol–water partition coefficient (Wildman–Crippen LogP) is 3.31. The first-order valence-corrected chi connectivity index (χ1v) is 9.32. The fraction of sp³-hybridized carbons (Fsp3) is 0.650. The molecule has 1 amide bonds. The number of amides is 1. The molecule has 132 valence electrons. The van der Waals surface area contributed by atoms with Crippen LogP contribution in [-0.4, -0.2) is 41.2 Å². The number of likely N-dealkylation sites (tertiary alicyclic amines) is 1. The van der Waals surface area contributed by atoms with Crippen LogP contribution in [0.5, 0.6) is 0 Å². The van der Waals surface area contributed by atoms with Crippen LogP contribution in [0.25, 0.3) is 0 Å². The number of nitrogens with zero attached hydrogens (tertiary/aromatic N) is 1. The summed E-state index contributed by atoms with van der Waals surface area (Å²) in [5.41, 5.74) is 0.938. The molecule has 0 radical (unpaired) electrons. The van der Waals surface area contributed by atoms with Gasteiger partial charge in [-0.05, 0) is 38.2 Å². The molecule has 0 spiro atoms. The molecular weight excluding hydrogens is 302 g/mol. The summed E-state index contributed by atoms with van der Waals surface area (Å²) in [4.78, 5) is 15.1. The van der Waals surface area contributed by atoms with E-state index in [2.05, 4.69) is 0 Å². The molecule has 1 heterocycles. The van der Waals surface area contributed by atoms with E-state index < -0.39 is 6.10 Å². The maximum atomic E-state index is 13.2. The molecule has 1 aliphatic carbocycles. The Kier molecular flexibility index (Phi) is 5.90. The molecule has 0 aromatic heterocycles. The van der Waals surface area contributed by atoms with E-state index in [1.54, 1.807) is 0 Å². The molecule has 2 fully saturated rings. The molecule has 1 N–H and O–H groups in total. The van der Waals surface area contributed by atoms with Crippen molar-refractivity contribution in [3.63, 3.8) is 0 Å². The van der Waals surface area contributed by atoms with Crippen molar-refractivity contribution in [2.75, 3.05) is 13.1 Å². The van der Waals surface area contributed by atoms with Gasteiger partial charge in [0.2, 0.25) is 0 Å². The molecule has 4 heteroatoms. The lowest BCUT2D eigenvalue weighted by Gasteiger charge is -2.36. The predicted molar refractivity (Wildman–Crippen MR) is 93.5 cm³/mol. The molecule has 3 atom stereocenters. The summed E-state index contributed by atoms with van der Waals surface area (Å²) in [7, 11) is 0. The van der Waals surface area contributed by atoms with Crippen LogP contribution >= 0.6 is 0 Å². The Hall–Kier alpha value is -1.39. The summed E-state index contributed by atoms with van der Waals surface area (Å²) < 4.78 is 6.25. The van der Waals surface area contributed by atoms with E-state index in [1.807, 2.05) is 42.2 Å². The van der Waals surface area contributed by atoms with E-state index >= 15 is 0 Å². The first kappa shape index (κ1) is 17.4. The van der Waals surface area contributed by atoms with Crippen molar-refractivity contribution in [3.05, 3.63) is 35.9 Å². The number of piperidine rings is 1. The van der Waals surface area contributed by atoms with Gasteiger partial charge in [-0.25, -0.2) is 0 Å². The van der Waals surface area contributed by atoms with Crippen LogP contribution in [0.1, 0.15) is 57.1 Å². The van der Waals surface area contributed by atoms with Crippen molar-refractivity contribution >= 4 is 5.91 Å². The van der Waals surface area contributed by atoms with Crippen molar-refractivity contribution in [2.45, 2.75) is 63.8 Å². The van der Waals surface area contributed by atoms with Gasteiger partial charge >= 0.3 is 0 Å². The van der Waals surface area contributed by atoms with Crippen molar-refractivity contribution in [3.8, 4) is 0 Å². The van der Waals surface area contributed by atoms with E-state index in [0.717, 1.165) is 37.8 Å². The highest BCUT2D eigenvalue weighted by molar-refractivity contribution is 5.82. The van der Waals surface area contributed by atoms with E-state index in [0.29, 0.717) is 6.54 Å². The van der Waals surface area contributed by atoms with Crippen LogP contribution in [0.2, 0.25) is 0 Å². The van der Waals surface area contributed by atoms with Gasteiger partial charge in [0.1, 0.15) is 0 Å². The third kappa shape index (κ3) is 4.17. The molecular formula is C20H29NO3. The Bertz CT molecular complexity index is 525. The van der Waals surface area contributed by atoms with E-state index in [9.17, 15) is 9.90 Å². The Morgan fingerprint density at radius 1 is 1.17 bits per heavy atom. The Balaban J connectivity index is 1.75. The molecule has 1 saturated heterocycles. The summed E-state index contributed by atoms with van der Waals surface area (Å²) in [5, 5.41) is 9.89. The minimum absolute atomic E-state index is 0.0541. The number of rotatable bonds is 5. The van der Waals surface area contributed by atoms with Gasteiger partial charge in [0.15, 0.2) is 6.10 Å². The fourth-order valence-electron chi connectivity index (χ4n) is 3.89. The van der Waals surface area contributed by atoms with Gasteiger partial charge in [0.05, 0.1) is 12.2 Å². The van der Waals surface area contributed by atoms with Gasteiger partial charge in [-0.2, -0.15) is 0 Å². The third-order valence-corrected chi connectivity index (χ3v) is 5.41. The van der Waals surface area contributed by atoms with E-state index in [-0.39, 0.29) is 24.0 Å². The Morgan fingerprint density at radius 2 is 1.88 bits per heavy atom. The maximum absolute atomic E-state index is 13.2. The lowest BCUT2D eigenvalue weighted by molar-refractivity contribution is -0.150. The number of hydrogen-bond acceptors (Lipinski definition) is 3. The molecule has 1 aromatic rings. The molecule has 24 heavy (non-hydrogen) atoms. The molecule has 3 rings (SSSR count). The molecule has 3 unspecified atom stereocenters. The number of benzene rings is 1. The Morgan fingerprint density at radius 3 is 2.54 bits per heavy atom. The van der Waals surface area contributed by atoms with Crippen molar-refractivity contribution in [1.82, 2.24) is 4.90 Å². The van der Waals surface area contributed by atoms with Crippen LogP contribution in [0.4, 0.5) is 0 Å². The quantitative estimate of drug-likeness (QED) is 0.900. The average Bonchev–Trinajstić information content (AvgIpc) is 3.13. The van der Waals surface area contributed by atoms with Gasteiger partial charge in [-0.15, -0.1) is 0 Å². The smallest absolute Gasteiger partial charge is 0.256 e. The molecule has 2 aliphatic rings. The van der Waals surface area contributed by atoms with Gasteiger partial charge in [-0.1, -0.05) is 43.2 Å². The van der Waals surface area contributed by atoms with Crippen LogP contribution in [0.15, 0.2) is 30.3 Å². The second-order valence-corrected chi connectivity index (χ2v) is 7.26. The van der Waals surface area contributed by atoms with Crippen LogP contribution < -0.4 is 0 Å². The number of carbonyl (C=O) groups is 1. The zero-order chi connectivity index (χ0) is 16.9. The molecule has 1 aliphatic heterocycles. The summed E-state index contributed by atoms with van der Waals surface area (Å²) in [5.74, 6) is 0.226. The number of ether oxygens (including phenoxy) is 1. The van der Waals surface area contributed by atoms with Gasteiger partial charge < -0.3 is 14.7 Å². The highest BCUT2D eigenvalue weighted by atomic mass is 16.5. The molecule has 4 nitrogen and oxygen atoms in total. The second kappa shape index (κ2) is 8.13. The third-order valence-electron chi connectivity index (χ3n) is 5.41. The van der Waals surface area contributed by atoms with Crippen molar-refractivity contribution < 1.29 is 14.6 Å². The number of aliphatic hydroxyl groups excluding tert-OH is 1. The van der Waals surface area contributed by atoms with Gasteiger partial charge in [-0.3, -0.25) is 4.79 Å². The van der Waals surface area contributed by atoms with Crippen molar-refractivity contribution in [1.29, 1.82) is 0 Å². The van der Waals surface area contributed by atoms with E-state index in [4.69, 9.17) is 4.74 Å². The van der Waals surface area contributed by atoms with Crippen LogP contribution in [0.3, 0.4) is 0 Å². The summed E-state index contributed by atoms with van der Waals surface area (Å²) in [6, 6.07) is 9.84. The highest BCUT2D eigenvalue weighted by Crippen LogP contribution is 2.30.